The Balaban J connectivity index is 2.25. The number of nitrogens with two attached hydrogens (primary N) is 1. The molecule has 1 rings (SSSR count). The van der Waals surface area contributed by atoms with Crippen LogP contribution >= 0.6 is 0 Å². The molecule has 7 heteroatoms. The van der Waals surface area contributed by atoms with Crippen molar-refractivity contribution in [2.24, 2.45) is 11.7 Å². The fraction of sp³-hybridized carbons (Fsp3) is 0.727. The summed E-state index contributed by atoms with van der Waals surface area (Å²) in [7, 11) is 0. The molecule has 1 heterocycles. The normalized spacial score (nSPS) is 20.4. The van der Waals surface area contributed by atoms with Crippen molar-refractivity contribution < 1.29 is 14.4 Å². The van der Waals surface area contributed by atoms with Crippen LogP contribution in [0.2, 0.25) is 0 Å². The van der Waals surface area contributed by atoms with Gasteiger partial charge < -0.3 is 21.7 Å². The zero-order valence-corrected chi connectivity index (χ0v) is 10.7. The van der Waals surface area contributed by atoms with Gasteiger partial charge in [0.1, 0.15) is 0 Å². The van der Waals surface area contributed by atoms with Crippen LogP contribution in [-0.2, 0) is 14.4 Å². The highest BCUT2D eigenvalue weighted by Gasteiger charge is 2.23. The topological polar surface area (TPSA) is 113 Å². The molecule has 1 unspecified atom stereocenters. The number of carbonyl (C=O) groups is 3. The van der Waals surface area contributed by atoms with E-state index in [9.17, 15) is 14.4 Å². The lowest BCUT2D eigenvalue weighted by molar-refractivity contribution is -0.127. The van der Waals surface area contributed by atoms with Crippen LogP contribution in [0.3, 0.4) is 0 Å². The highest BCUT2D eigenvalue weighted by Crippen LogP contribution is 1.99. The third kappa shape index (κ3) is 4.33. The van der Waals surface area contributed by atoms with Gasteiger partial charge in [0.05, 0.1) is 18.6 Å². The Morgan fingerprint density at radius 1 is 1.50 bits per heavy atom. The van der Waals surface area contributed by atoms with E-state index >= 15 is 0 Å². The van der Waals surface area contributed by atoms with Crippen LogP contribution in [0.25, 0.3) is 0 Å². The second-order valence-corrected chi connectivity index (χ2v) is 4.76. The Labute approximate surface area is 106 Å². The van der Waals surface area contributed by atoms with E-state index in [0.717, 1.165) is 0 Å². The molecule has 2 atom stereocenters. The second kappa shape index (κ2) is 6.34. The Kier molecular flexibility index (Phi) is 5.08. The maximum atomic E-state index is 11.5. The van der Waals surface area contributed by atoms with Crippen molar-refractivity contribution >= 4 is 17.7 Å². The average molecular weight is 256 g/mol. The SMILES string of the molecule is CC(C)[C@H](N)C(=O)NCC(=O)NC1CNC(=O)C1. The van der Waals surface area contributed by atoms with Crippen LogP contribution in [0.15, 0.2) is 0 Å². The first-order valence-electron chi connectivity index (χ1n) is 5.99. The van der Waals surface area contributed by atoms with Crippen LogP contribution in [-0.4, -0.2) is 42.9 Å². The lowest BCUT2D eigenvalue weighted by Gasteiger charge is -2.16. The van der Waals surface area contributed by atoms with Gasteiger partial charge in [0.25, 0.3) is 0 Å². The third-order valence-corrected chi connectivity index (χ3v) is 2.79. The quantitative estimate of drug-likeness (QED) is 0.459. The summed E-state index contributed by atoms with van der Waals surface area (Å²) >= 11 is 0. The van der Waals surface area contributed by atoms with Crippen LogP contribution in [0.5, 0.6) is 0 Å². The molecular weight excluding hydrogens is 236 g/mol. The zero-order valence-electron chi connectivity index (χ0n) is 10.7. The summed E-state index contributed by atoms with van der Waals surface area (Å²) in [6.45, 7) is 3.98. The molecule has 1 aliphatic heterocycles. The van der Waals surface area contributed by atoms with Gasteiger partial charge in [0.15, 0.2) is 0 Å². The van der Waals surface area contributed by atoms with Crippen molar-refractivity contribution in [2.75, 3.05) is 13.1 Å². The standard InChI is InChI=1S/C11H20N4O3/c1-6(2)10(12)11(18)14-5-9(17)15-7-3-8(16)13-4-7/h6-7,10H,3-5,12H2,1-2H3,(H,13,16)(H,14,18)(H,15,17)/t7?,10-/m0/s1. The van der Waals surface area contributed by atoms with Gasteiger partial charge in [-0.1, -0.05) is 13.8 Å². The third-order valence-electron chi connectivity index (χ3n) is 2.79. The van der Waals surface area contributed by atoms with Crippen molar-refractivity contribution in [1.82, 2.24) is 16.0 Å². The summed E-state index contributed by atoms with van der Waals surface area (Å²) in [5.74, 6) is -0.725. The first-order chi connectivity index (χ1) is 8.40. The molecular formula is C11H20N4O3. The Bertz CT molecular complexity index is 343. The van der Waals surface area contributed by atoms with E-state index < -0.39 is 6.04 Å². The maximum Gasteiger partial charge on any atom is 0.239 e. The number of amides is 3. The van der Waals surface area contributed by atoms with E-state index in [0.29, 0.717) is 6.54 Å². The number of hydrogen-bond donors (Lipinski definition) is 4. The summed E-state index contributed by atoms with van der Waals surface area (Å²) in [4.78, 5) is 33.9. The van der Waals surface area contributed by atoms with E-state index in [1.165, 1.54) is 0 Å². The minimum Gasteiger partial charge on any atom is -0.354 e. The summed E-state index contributed by atoms with van der Waals surface area (Å²) in [6.07, 6.45) is 0.283. The molecule has 3 amide bonds. The van der Waals surface area contributed by atoms with Crippen LogP contribution in [0, 0.1) is 5.92 Å². The summed E-state index contributed by atoms with van der Waals surface area (Å²) in [6, 6.07) is -0.812. The summed E-state index contributed by atoms with van der Waals surface area (Å²) in [5, 5.41) is 7.73. The van der Waals surface area contributed by atoms with Gasteiger partial charge >= 0.3 is 0 Å². The average Bonchev–Trinajstić information content (AvgIpc) is 2.70. The second-order valence-electron chi connectivity index (χ2n) is 4.76. The fourth-order valence-corrected chi connectivity index (χ4v) is 1.57. The summed E-state index contributed by atoms with van der Waals surface area (Å²) in [5.41, 5.74) is 5.63. The van der Waals surface area contributed by atoms with Gasteiger partial charge in [0, 0.05) is 13.0 Å². The Morgan fingerprint density at radius 3 is 2.67 bits per heavy atom. The molecule has 0 saturated carbocycles. The van der Waals surface area contributed by atoms with Gasteiger partial charge in [0.2, 0.25) is 17.7 Å². The van der Waals surface area contributed by atoms with Gasteiger partial charge in [-0.25, -0.2) is 0 Å². The number of hydrogen-bond acceptors (Lipinski definition) is 4. The molecule has 7 nitrogen and oxygen atoms in total. The fourth-order valence-electron chi connectivity index (χ4n) is 1.57. The van der Waals surface area contributed by atoms with Crippen LogP contribution in [0.4, 0.5) is 0 Å². The number of rotatable bonds is 5. The molecule has 0 bridgehead atoms. The van der Waals surface area contributed by atoms with Crippen molar-refractivity contribution in [1.29, 1.82) is 0 Å². The molecule has 0 spiro atoms. The smallest absolute Gasteiger partial charge is 0.239 e. The first kappa shape index (κ1) is 14.4. The highest BCUT2D eigenvalue weighted by molar-refractivity contribution is 5.88. The molecule has 0 aromatic carbocycles. The minimum absolute atomic E-state index is 0.0183. The Hall–Kier alpha value is -1.63. The Morgan fingerprint density at radius 2 is 2.17 bits per heavy atom. The van der Waals surface area contributed by atoms with E-state index in [1.807, 2.05) is 13.8 Å². The van der Waals surface area contributed by atoms with E-state index in [1.54, 1.807) is 0 Å². The molecule has 1 aliphatic rings. The molecule has 0 aromatic rings. The lowest BCUT2D eigenvalue weighted by atomic mass is 10.1. The highest BCUT2D eigenvalue weighted by atomic mass is 16.2. The lowest BCUT2D eigenvalue weighted by Crippen LogP contribution is -2.48. The summed E-state index contributed by atoms with van der Waals surface area (Å²) < 4.78 is 0. The predicted octanol–water partition coefficient (Wildman–Crippen LogP) is -1.91. The van der Waals surface area contributed by atoms with Crippen molar-refractivity contribution in [3.63, 3.8) is 0 Å². The largest absolute Gasteiger partial charge is 0.354 e. The maximum absolute atomic E-state index is 11.5. The van der Waals surface area contributed by atoms with Crippen molar-refractivity contribution in [2.45, 2.75) is 32.4 Å². The molecule has 0 radical (unpaired) electrons. The molecule has 0 aliphatic carbocycles. The van der Waals surface area contributed by atoms with Crippen LogP contribution < -0.4 is 21.7 Å². The minimum atomic E-state index is -0.618. The van der Waals surface area contributed by atoms with Crippen LogP contribution in [0.1, 0.15) is 20.3 Å². The molecule has 102 valence electrons. The molecule has 0 aromatic heterocycles. The predicted molar refractivity (Wildman–Crippen MR) is 65.4 cm³/mol. The van der Waals surface area contributed by atoms with Gasteiger partial charge in [-0.05, 0) is 5.92 Å². The number of carbonyl (C=O) groups excluding carboxylic acids is 3. The molecule has 5 N–H and O–H groups in total. The van der Waals surface area contributed by atoms with Gasteiger partial charge in [-0.2, -0.15) is 0 Å². The molecule has 1 saturated heterocycles. The monoisotopic (exact) mass is 256 g/mol. The van der Waals surface area contributed by atoms with Crippen molar-refractivity contribution in [3.05, 3.63) is 0 Å². The zero-order chi connectivity index (χ0) is 13.7. The van der Waals surface area contributed by atoms with Gasteiger partial charge in [-0.15, -0.1) is 0 Å². The van der Waals surface area contributed by atoms with Gasteiger partial charge in [-0.3, -0.25) is 14.4 Å². The van der Waals surface area contributed by atoms with E-state index in [4.69, 9.17) is 5.73 Å². The van der Waals surface area contributed by atoms with Crippen molar-refractivity contribution in [3.8, 4) is 0 Å². The molecule has 18 heavy (non-hydrogen) atoms. The number of nitrogens with one attached hydrogen (secondary N) is 3. The molecule has 1 fully saturated rings. The van der Waals surface area contributed by atoms with E-state index in [2.05, 4.69) is 16.0 Å². The first-order valence-corrected chi connectivity index (χ1v) is 5.99. The van der Waals surface area contributed by atoms with E-state index in [-0.39, 0.29) is 42.6 Å².